The molecule has 0 radical (unpaired) electrons. The number of nitrogens with zero attached hydrogens (tertiary/aromatic N) is 7. The van der Waals surface area contributed by atoms with Crippen LogP contribution in [0.15, 0.2) is 11.6 Å². The Morgan fingerprint density at radius 3 is 2.60 bits per heavy atom. The van der Waals surface area contributed by atoms with Crippen molar-refractivity contribution in [3.8, 4) is 11.4 Å². The molecule has 3 N–H and O–H groups in total. The number of carbonyl (C=O) groups is 2. The van der Waals surface area contributed by atoms with Gasteiger partial charge in [0.1, 0.15) is 0 Å². The van der Waals surface area contributed by atoms with E-state index in [0.717, 1.165) is 48.9 Å². The Kier molecular flexibility index (Phi) is 8.49. The molecule has 3 aromatic rings. The van der Waals surface area contributed by atoms with Gasteiger partial charge >= 0.3 is 0 Å². The van der Waals surface area contributed by atoms with Crippen LogP contribution in [0, 0.1) is 0 Å². The standard InChI is InChI=1S/C32H41F2N9O3S/c1-31(2)16-19-17-36-29(35)38-25(19)27-24(31)26(40-43(27)23-5-3-4-14-46-23)28(45)39-30-37-20(18-47-30)15-22(44)42-10-6-21(7-11-42)41-12-8-32(33,34)9-13-41/h17-18,21,23H,3-16H2,1-2H3,(H2,35,36,38)(H,37,39,45). The van der Waals surface area contributed by atoms with Gasteiger partial charge in [0, 0.05) is 68.8 Å². The maximum absolute atomic E-state index is 13.9. The third kappa shape index (κ3) is 6.49. The van der Waals surface area contributed by atoms with Gasteiger partial charge in [0.05, 0.1) is 23.5 Å². The molecule has 3 aliphatic heterocycles. The van der Waals surface area contributed by atoms with Crippen molar-refractivity contribution < 1.29 is 23.1 Å². The number of anilines is 2. The van der Waals surface area contributed by atoms with Crippen LogP contribution in [0.4, 0.5) is 19.9 Å². The van der Waals surface area contributed by atoms with E-state index in [2.05, 4.69) is 39.0 Å². The molecule has 15 heteroatoms. The number of hydrogen-bond acceptors (Lipinski definition) is 10. The van der Waals surface area contributed by atoms with Gasteiger partial charge < -0.3 is 15.4 Å². The molecule has 7 rings (SSSR count). The lowest BCUT2D eigenvalue weighted by molar-refractivity contribution is -0.132. The molecule has 1 aliphatic carbocycles. The number of hydrogen-bond donors (Lipinski definition) is 2. The fraction of sp³-hybridized carbons (Fsp3) is 0.625. The number of amides is 2. The van der Waals surface area contributed by atoms with E-state index < -0.39 is 11.3 Å². The molecule has 2 amide bonds. The van der Waals surface area contributed by atoms with Crippen LogP contribution < -0.4 is 11.1 Å². The highest BCUT2D eigenvalue weighted by atomic mass is 32.1. The summed E-state index contributed by atoms with van der Waals surface area (Å²) in [6.07, 6.45) is 6.25. The molecule has 4 aliphatic rings. The van der Waals surface area contributed by atoms with Gasteiger partial charge in [0.15, 0.2) is 17.1 Å². The van der Waals surface area contributed by atoms with Crippen molar-refractivity contribution in [2.24, 2.45) is 0 Å². The summed E-state index contributed by atoms with van der Waals surface area (Å²) in [4.78, 5) is 44.4. The highest BCUT2D eigenvalue weighted by Gasteiger charge is 2.42. The number of nitrogens with one attached hydrogen (secondary N) is 1. The number of halogens is 2. The zero-order valence-electron chi connectivity index (χ0n) is 26.8. The van der Waals surface area contributed by atoms with Crippen molar-refractivity contribution >= 4 is 34.2 Å². The number of rotatable bonds is 6. The van der Waals surface area contributed by atoms with E-state index in [1.54, 1.807) is 16.3 Å². The van der Waals surface area contributed by atoms with Crippen molar-refractivity contribution in [1.82, 2.24) is 34.5 Å². The number of aromatic nitrogens is 5. The summed E-state index contributed by atoms with van der Waals surface area (Å²) in [5.41, 5.74) is 9.56. The first-order chi connectivity index (χ1) is 22.5. The predicted molar refractivity (Wildman–Crippen MR) is 172 cm³/mol. The third-order valence-corrected chi connectivity index (χ3v) is 10.7. The molecular formula is C32H41F2N9O3S. The fourth-order valence-corrected chi connectivity index (χ4v) is 8.18. The van der Waals surface area contributed by atoms with Gasteiger partial charge in [-0.05, 0) is 49.5 Å². The molecule has 0 saturated carbocycles. The van der Waals surface area contributed by atoms with E-state index in [-0.39, 0.29) is 55.0 Å². The van der Waals surface area contributed by atoms with Gasteiger partial charge in [-0.2, -0.15) is 5.10 Å². The SMILES string of the molecule is CC1(C)Cc2cnc(N)nc2-c2c1c(C(=O)Nc1nc(CC(=O)N3CCC(N4CCC(F)(F)CC4)CC3)cs1)nn2C1CCCCO1. The Labute approximate surface area is 276 Å². The largest absolute Gasteiger partial charge is 0.368 e. The Balaban J connectivity index is 1.04. The van der Waals surface area contributed by atoms with Crippen LogP contribution in [0.2, 0.25) is 0 Å². The molecule has 6 heterocycles. The molecule has 47 heavy (non-hydrogen) atoms. The number of likely N-dealkylation sites (tertiary alicyclic amines) is 2. The first-order valence-electron chi connectivity index (χ1n) is 16.5. The molecule has 252 valence electrons. The number of thiazole rings is 1. The summed E-state index contributed by atoms with van der Waals surface area (Å²) in [7, 11) is 0. The second-order valence-electron chi connectivity index (χ2n) is 13.8. The average molecular weight is 670 g/mol. The van der Waals surface area contributed by atoms with E-state index >= 15 is 0 Å². The average Bonchev–Trinajstić information content (AvgIpc) is 3.67. The smallest absolute Gasteiger partial charge is 0.278 e. The van der Waals surface area contributed by atoms with Crippen molar-refractivity contribution in [3.63, 3.8) is 0 Å². The molecule has 1 unspecified atom stereocenters. The van der Waals surface area contributed by atoms with Gasteiger partial charge in [-0.15, -0.1) is 11.3 Å². The van der Waals surface area contributed by atoms with Gasteiger partial charge in [-0.25, -0.2) is 28.4 Å². The topological polar surface area (TPSA) is 144 Å². The van der Waals surface area contributed by atoms with Gasteiger partial charge in [0.25, 0.3) is 11.8 Å². The normalized spacial score (nSPS) is 22.8. The zero-order valence-corrected chi connectivity index (χ0v) is 27.6. The zero-order chi connectivity index (χ0) is 32.9. The van der Waals surface area contributed by atoms with Crippen molar-refractivity contribution in [2.75, 3.05) is 43.8 Å². The first-order valence-corrected chi connectivity index (χ1v) is 17.4. The highest BCUT2D eigenvalue weighted by Crippen LogP contribution is 2.46. The van der Waals surface area contributed by atoms with Crippen LogP contribution in [-0.4, -0.2) is 91.1 Å². The number of fused-ring (bicyclic) bond motifs is 3. The highest BCUT2D eigenvalue weighted by molar-refractivity contribution is 7.14. The minimum Gasteiger partial charge on any atom is -0.368 e. The van der Waals surface area contributed by atoms with Crippen molar-refractivity contribution in [2.45, 2.75) is 95.2 Å². The summed E-state index contributed by atoms with van der Waals surface area (Å²) in [5, 5.41) is 9.96. The Morgan fingerprint density at radius 2 is 1.87 bits per heavy atom. The van der Waals surface area contributed by atoms with E-state index in [0.29, 0.717) is 55.7 Å². The minimum absolute atomic E-state index is 0.0289. The Hall–Kier alpha value is -3.56. The van der Waals surface area contributed by atoms with Crippen molar-refractivity contribution in [1.29, 1.82) is 0 Å². The molecule has 0 spiro atoms. The lowest BCUT2D eigenvalue weighted by Crippen LogP contribution is -2.50. The second-order valence-corrected chi connectivity index (χ2v) is 14.6. The quantitative estimate of drug-likeness (QED) is 0.390. The number of carbonyl (C=O) groups excluding carboxylic acids is 2. The maximum Gasteiger partial charge on any atom is 0.278 e. The number of piperidine rings is 2. The second kappa shape index (κ2) is 12.5. The van der Waals surface area contributed by atoms with E-state index in [1.165, 1.54) is 11.3 Å². The van der Waals surface area contributed by atoms with Crippen LogP contribution in [-0.2, 0) is 27.8 Å². The number of nitrogen functional groups attached to an aromatic ring is 1. The third-order valence-electron chi connectivity index (χ3n) is 9.94. The molecule has 0 bridgehead atoms. The molecule has 0 aromatic carbocycles. The Bertz CT molecular complexity index is 1650. The molecule has 1 atom stereocenters. The van der Waals surface area contributed by atoms with Gasteiger partial charge in [-0.3, -0.25) is 19.8 Å². The molecule has 3 aromatic heterocycles. The molecular weight excluding hydrogens is 628 g/mol. The molecule has 3 saturated heterocycles. The van der Waals surface area contributed by atoms with Crippen LogP contribution >= 0.6 is 11.3 Å². The lowest BCUT2D eigenvalue weighted by Gasteiger charge is -2.41. The van der Waals surface area contributed by atoms with Crippen LogP contribution in [0.1, 0.15) is 92.3 Å². The summed E-state index contributed by atoms with van der Waals surface area (Å²) in [6.45, 7) is 6.78. The summed E-state index contributed by atoms with van der Waals surface area (Å²) in [6, 6.07) is 0.235. The number of nitrogens with two attached hydrogens (primary N) is 1. The molecule has 12 nitrogen and oxygen atoms in total. The summed E-state index contributed by atoms with van der Waals surface area (Å²) in [5.74, 6) is -2.82. The monoisotopic (exact) mass is 669 g/mol. The minimum atomic E-state index is -2.56. The van der Waals surface area contributed by atoms with Gasteiger partial charge in [0.2, 0.25) is 11.9 Å². The van der Waals surface area contributed by atoms with E-state index in [1.807, 2.05) is 4.90 Å². The van der Waals surface area contributed by atoms with Crippen LogP contribution in [0.25, 0.3) is 11.4 Å². The number of ether oxygens (including phenoxy) is 1. The summed E-state index contributed by atoms with van der Waals surface area (Å²) >= 11 is 1.26. The van der Waals surface area contributed by atoms with Gasteiger partial charge in [-0.1, -0.05) is 13.8 Å². The maximum atomic E-state index is 13.9. The van der Waals surface area contributed by atoms with Crippen molar-refractivity contribution in [3.05, 3.63) is 34.1 Å². The van der Waals surface area contributed by atoms with Crippen LogP contribution in [0.3, 0.4) is 0 Å². The van der Waals surface area contributed by atoms with E-state index in [9.17, 15) is 18.4 Å². The number of alkyl halides is 2. The summed E-state index contributed by atoms with van der Waals surface area (Å²) < 4.78 is 35.1. The van der Waals surface area contributed by atoms with Crippen LogP contribution in [0.5, 0.6) is 0 Å². The Morgan fingerprint density at radius 1 is 1.11 bits per heavy atom. The van der Waals surface area contributed by atoms with E-state index in [4.69, 9.17) is 15.6 Å². The predicted octanol–water partition coefficient (Wildman–Crippen LogP) is 4.43. The lowest BCUT2D eigenvalue weighted by atomic mass is 9.73. The molecule has 3 fully saturated rings. The first kappa shape index (κ1) is 32.0. The fourth-order valence-electron chi connectivity index (χ4n) is 7.47.